The van der Waals surface area contributed by atoms with Gasteiger partial charge in [-0.1, -0.05) is 30.3 Å². The topological polar surface area (TPSA) is 47.0 Å². The molecule has 1 amide bonds. The van der Waals surface area contributed by atoms with E-state index in [4.69, 9.17) is 0 Å². The van der Waals surface area contributed by atoms with Gasteiger partial charge in [0.2, 0.25) is 0 Å². The second-order valence-electron chi connectivity index (χ2n) is 9.24. The Kier molecular flexibility index (Phi) is 5.06. The number of carbonyl (C=O) groups excluding carboxylic acids is 1. The molecule has 1 aliphatic carbocycles. The van der Waals surface area contributed by atoms with E-state index in [1.165, 1.54) is 0 Å². The van der Waals surface area contributed by atoms with Crippen molar-refractivity contribution in [2.24, 2.45) is 11.8 Å². The number of nitrogens with zero attached hydrogens (tertiary/aromatic N) is 3. The molecule has 2 aliphatic heterocycles. The minimum Gasteiger partial charge on any atom is -0.391 e. The molecule has 5 rings (SSSR count). The summed E-state index contributed by atoms with van der Waals surface area (Å²) in [5.74, 6) is 1.07. The Balaban J connectivity index is 1.28. The van der Waals surface area contributed by atoms with Crippen LogP contribution in [0.5, 0.6) is 0 Å². The van der Waals surface area contributed by atoms with Gasteiger partial charge in [0.25, 0.3) is 5.91 Å². The summed E-state index contributed by atoms with van der Waals surface area (Å²) >= 11 is 0. The molecule has 29 heavy (non-hydrogen) atoms. The minimum absolute atomic E-state index is 0.135. The molecule has 1 N–H and O–H groups in total. The van der Waals surface area contributed by atoms with E-state index in [1.54, 1.807) is 0 Å². The van der Waals surface area contributed by atoms with E-state index in [1.807, 2.05) is 35.2 Å². The molecule has 0 aromatic heterocycles. The van der Waals surface area contributed by atoms with Gasteiger partial charge in [0.1, 0.15) is 0 Å². The Morgan fingerprint density at radius 1 is 0.931 bits per heavy atom. The summed E-state index contributed by atoms with van der Waals surface area (Å²) in [5, 5.41) is 13.1. The molecule has 2 saturated heterocycles. The van der Waals surface area contributed by atoms with Crippen LogP contribution in [0.3, 0.4) is 0 Å². The summed E-state index contributed by atoms with van der Waals surface area (Å²) in [7, 11) is 2.16. The van der Waals surface area contributed by atoms with Gasteiger partial charge >= 0.3 is 0 Å². The molecule has 0 bridgehead atoms. The molecule has 3 fully saturated rings. The van der Waals surface area contributed by atoms with Gasteiger partial charge < -0.3 is 14.9 Å². The summed E-state index contributed by atoms with van der Waals surface area (Å²) in [6.45, 7) is 5.83. The number of hydrogen-bond acceptors (Lipinski definition) is 4. The molecule has 1 saturated carbocycles. The second-order valence-corrected chi connectivity index (χ2v) is 9.24. The predicted octanol–water partition coefficient (Wildman–Crippen LogP) is 2.30. The summed E-state index contributed by atoms with van der Waals surface area (Å²) in [5.41, 5.74) is 0.776. The molecular formula is C24H31N3O2. The van der Waals surface area contributed by atoms with Gasteiger partial charge in [-0.05, 0) is 54.6 Å². The Bertz CT molecular complexity index is 893. The number of aliphatic hydroxyl groups excluding tert-OH is 1. The van der Waals surface area contributed by atoms with Crippen LogP contribution in [0.25, 0.3) is 10.8 Å². The SMILES string of the molecule is CN1CCN([C@@H]2C[C@@H]3CN(C(=O)c4ccc5ccccc5c4)C[C@@H]3C[C@H]2O)CC1. The number of rotatable bonds is 2. The van der Waals surface area contributed by atoms with E-state index >= 15 is 0 Å². The Labute approximate surface area is 172 Å². The Hall–Kier alpha value is -1.95. The van der Waals surface area contributed by atoms with Gasteiger partial charge in [0.05, 0.1) is 6.10 Å². The minimum atomic E-state index is -0.268. The predicted molar refractivity (Wildman–Crippen MR) is 115 cm³/mol. The highest BCUT2D eigenvalue weighted by atomic mass is 16.3. The van der Waals surface area contributed by atoms with Crippen LogP contribution in [0.1, 0.15) is 23.2 Å². The lowest BCUT2D eigenvalue weighted by Crippen LogP contribution is -2.55. The second kappa shape index (κ2) is 7.71. The number of benzene rings is 2. The Morgan fingerprint density at radius 3 is 2.38 bits per heavy atom. The van der Waals surface area contributed by atoms with Gasteiger partial charge in [-0.2, -0.15) is 0 Å². The van der Waals surface area contributed by atoms with Gasteiger partial charge in [-0.3, -0.25) is 9.69 Å². The highest BCUT2D eigenvalue weighted by molar-refractivity contribution is 5.98. The van der Waals surface area contributed by atoms with E-state index < -0.39 is 0 Å². The number of likely N-dealkylation sites (N-methyl/N-ethyl adjacent to an activating group) is 1. The van der Waals surface area contributed by atoms with Crippen LogP contribution in [0.15, 0.2) is 42.5 Å². The van der Waals surface area contributed by atoms with Crippen LogP contribution in [0.2, 0.25) is 0 Å². The maximum Gasteiger partial charge on any atom is 0.253 e. The van der Waals surface area contributed by atoms with Gasteiger partial charge in [0, 0.05) is 50.9 Å². The first-order valence-corrected chi connectivity index (χ1v) is 11.0. The van der Waals surface area contributed by atoms with Crippen molar-refractivity contribution in [1.29, 1.82) is 0 Å². The summed E-state index contributed by atoms with van der Waals surface area (Å²) < 4.78 is 0. The normalized spacial score (nSPS) is 31.2. The fraction of sp³-hybridized carbons (Fsp3) is 0.542. The number of hydrogen-bond donors (Lipinski definition) is 1. The van der Waals surface area contributed by atoms with Crippen LogP contribution in [0, 0.1) is 11.8 Å². The molecule has 2 aromatic rings. The van der Waals surface area contributed by atoms with Crippen LogP contribution in [-0.4, -0.2) is 84.2 Å². The first-order chi connectivity index (χ1) is 14.1. The van der Waals surface area contributed by atoms with Crippen molar-refractivity contribution in [3.8, 4) is 0 Å². The fourth-order valence-corrected chi connectivity index (χ4v) is 5.62. The van der Waals surface area contributed by atoms with Crippen molar-refractivity contribution in [3.63, 3.8) is 0 Å². The fourth-order valence-electron chi connectivity index (χ4n) is 5.62. The lowest BCUT2D eigenvalue weighted by Gasteiger charge is -2.44. The molecule has 154 valence electrons. The van der Waals surface area contributed by atoms with Crippen LogP contribution >= 0.6 is 0 Å². The third-order valence-electron chi connectivity index (χ3n) is 7.40. The van der Waals surface area contributed by atoms with E-state index in [0.29, 0.717) is 11.8 Å². The first-order valence-electron chi connectivity index (χ1n) is 11.0. The van der Waals surface area contributed by atoms with Crippen LogP contribution < -0.4 is 0 Å². The van der Waals surface area contributed by atoms with Crippen molar-refractivity contribution < 1.29 is 9.90 Å². The number of carbonyl (C=O) groups is 1. The molecule has 0 unspecified atom stereocenters. The third kappa shape index (κ3) is 3.67. The first kappa shape index (κ1) is 19.0. The average molecular weight is 394 g/mol. The van der Waals surface area contributed by atoms with Gasteiger partial charge in [-0.15, -0.1) is 0 Å². The Morgan fingerprint density at radius 2 is 1.62 bits per heavy atom. The number of amides is 1. The summed E-state index contributed by atoms with van der Waals surface area (Å²) in [4.78, 5) is 20.0. The maximum absolute atomic E-state index is 13.2. The highest BCUT2D eigenvalue weighted by Gasteiger charge is 2.44. The smallest absolute Gasteiger partial charge is 0.253 e. The van der Waals surface area contributed by atoms with E-state index in [9.17, 15) is 9.90 Å². The van der Waals surface area contributed by atoms with Gasteiger partial charge in [-0.25, -0.2) is 0 Å². The molecule has 2 aromatic carbocycles. The number of piperazine rings is 1. The monoisotopic (exact) mass is 393 g/mol. The zero-order chi connectivity index (χ0) is 20.0. The molecular weight excluding hydrogens is 362 g/mol. The summed E-state index contributed by atoms with van der Waals surface area (Å²) in [6.07, 6.45) is 1.57. The van der Waals surface area contributed by atoms with E-state index in [2.05, 4.69) is 29.0 Å². The number of likely N-dealkylation sites (tertiary alicyclic amines) is 1. The average Bonchev–Trinajstić information content (AvgIpc) is 3.15. The third-order valence-corrected chi connectivity index (χ3v) is 7.40. The van der Waals surface area contributed by atoms with Crippen molar-refractivity contribution >= 4 is 16.7 Å². The number of aliphatic hydroxyl groups is 1. The lowest BCUT2D eigenvalue weighted by atomic mass is 9.77. The van der Waals surface area contributed by atoms with Crippen molar-refractivity contribution in [2.75, 3.05) is 46.3 Å². The van der Waals surface area contributed by atoms with Crippen molar-refractivity contribution in [1.82, 2.24) is 14.7 Å². The lowest BCUT2D eigenvalue weighted by molar-refractivity contribution is -0.0249. The van der Waals surface area contributed by atoms with Crippen LogP contribution in [0.4, 0.5) is 0 Å². The quantitative estimate of drug-likeness (QED) is 0.851. The van der Waals surface area contributed by atoms with Crippen LogP contribution in [-0.2, 0) is 0 Å². The molecule has 3 aliphatic rings. The van der Waals surface area contributed by atoms with E-state index in [0.717, 1.165) is 68.4 Å². The standard InChI is InChI=1S/C24H31N3O2/c1-25-8-10-26(11-9-25)22-13-20-15-27(16-21(20)14-23(22)28)24(29)19-7-6-17-4-2-3-5-18(17)12-19/h2-7,12,20-23,28H,8-11,13-16H2,1H3/t20-,21+,22-,23-/m1/s1. The summed E-state index contributed by atoms with van der Waals surface area (Å²) in [6, 6.07) is 14.4. The maximum atomic E-state index is 13.2. The van der Waals surface area contributed by atoms with Crippen molar-refractivity contribution in [3.05, 3.63) is 48.0 Å². The molecule has 0 spiro atoms. The largest absolute Gasteiger partial charge is 0.391 e. The molecule has 5 nitrogen and oxygen atoms in total. The number of fused-ring (bicyclic) bond motifs is 2. The molecule has 4 atom stereocenters. The van der Waals surface area contributed by atoms with Crippen molar-refractivity contribution in [2.45, 2.75) is 25.0 Å². The van der Waals surface area contributed by atoms with E-state index in [-0.39, 0.29) is 18.1 Å². The zero-order valence-electron chi connectivity index (χ0n) is 17.2. The molecule has 2 heterocycles. The molecule has 5 heteroatoms. The highest BCUT2D eigenvalue weighted by Crippen LogP contribution is 2.39. The zero-order valence-corrected chi connectivity index (χ0v) is 17.2. The van der Waals surface area contributed by atoms with Gasteiger partial charge in [0.15, 0.2) is 0 Å². The molecule has 0 radical (unpaired) electrons.